The van der Waals surface area contributed by atoms with E-state index < -0.39 is 0 Å². The van der Waals surface area contributed by atoms with Crippen molar-refractivity contribution in [2.45, 2.75) is 32.6 Å². The summed E-state index contributed by atoms with van der Waals surface area (Å²) in [5, 5.41) is 3.59. The Balaban J connectivity index is 1.77. The first-order chi connectivity index (χ1) is 9.13. The lowest BCUT2D eigenvalue weighted by atomic mass is 10.0. The van der Waals surface area contributed by atoms with Gasteiger partial charge in [0, 0.05) is 15.4 Å². The van der Waals surface area contributed by atoms with Crippen LogP contribution in [0.25, 0.3) is 0 Å². The van der Waals surface area contributed by atoms with Crippen LogP contribution in [0, 0.1) is 6.92 Å². The number of rotatable bonds is 2. The van der Waals surface area contributed by atoms with Crippen molar-refractivity contribution in [3.63, 3.8) is 0 Å². The minimum absolute atomic E-state index is 0.115. The molecule has 0 unspecified atom stereocenters. The van der Waals surface area contributed by atoms with Gasteiger partial charge < -0.3 is 5.73 Å². The molecule has 6 heteroatoms. The minimum Gasteiger partial charge on any atom is -0.398 e. The molecule has 1 aliphatic rings. The third kappa shape index (κ3) is 2.50. The molecule has 0 saturated heterocycles. The first-order valence-electron chi connectivity index (χ1n) is 6.29. The van der Waals surface area contributed by atoms with Crippen molar-refractivity contribution in [2.24, 2.45) is 0 Å². The molecule has 1 amide bonds. The second kappa shape index (κ2) is 4.94. The lowest BCUT2D eigenvalue weighted by molar-refractivity contribution is 0.103. The smallest absolute Gasteiger partial charge is 0.267 e. The molecule has 3 rings (SSSR count). The van der Waals surface area contributed by atoms with Crippen LogP contribution in [0.15, 0.2) is 6.07 Å². The second-order valence-electron chi connectivity index (χ2n) is 4.67. The quantitative estimate of drug-likeness (QED) is 0.893. The van der Waals surface area contributed by atoms with Crippen LogP contribution in [0.5, 0.6) is 0 Å². The van der Waals surface area contributed by atoms with Crippen LogP contribution in [0.4, 0.5) is 10.8 Å². The van der Waals surface area contributed by atoms with Gasteiger partial charge in [0.05, 0.1) is 10.6 Å². The van der Waals surface area contributed by atoms with Crippen LogP contribution in [0.1, 0.15) is 38.0 Å². The Kier molecular flexibility index (Phi) is 3.28. The van der Waals surface area contributed by atoms with E-state index in [1.807, 2.05) is 6.92 Å². The second-order valence-corrected chi connectivity index (χ2v) is 7.01. The number of fused-ring (bicyclic) bond motifs is 1. The number of nitrogens with one attached hydrogen (secondary N) is 1. The highest BCUT2D eigenvalue weighted by molar-refractivity contribution is 7.16. The molecule has 0 aliphatic heterocycles. The van der Waals surface area contributed by atoms with Crippen molar-refractivity contribution < 1.29 is 4.79 Å². The third-order valence-corrected chi connectivity index (χ3v) is 5.38. The summed E-state index contributed by atoms with van der Waals surface area (Å²) < 4.78 is 0. The molecule has 4 nitrogen and oxygen atoms in total. The Morgan fingerprint density at radius 3 is 2.84 bits per heavy atom. The van der Waals surface area contributed by atoms with E-state index in [4.69, 9.17) is 5.73 Å². The number of nitrogen functional groups attached to an aromatic ring is 1. The molecule has 0 bridgehead atoms. The molecule has 19 heavy (non-hydrogen) atoms. The summed E-state index contributed by atoms with van der Waals surface area (Å²) in [5.41, 5.74) is 7.60. The molecule has 0 atom stereocenters. The summed E-state index contributed by atoms with van der Waals surface area (Å²) in [6.07, 6.45) is 4.55. The first kappa shape index (κ1) is 12.6. The van der Waals surface area contributed by atoms with Crippen molar-refractivity contribution >= 4 is 39.4 Å². The van der Waals surface area contributed by atoms with Gasteiger partial charge in [-0.25, -0.2) is 4.98 Å². The predicted molar refractivity (Wildman–Crippen MR) is 80.2 cm³/mol. The fourth-order valence-corrected chi connectivity index (χ4v) is 4.05. The molecule has 0 aromatic carbocycles. The van der Waals surface area contributed by atoms with Crippen molar-refractivity contribution in [3.8, 4) is 0 Å². The Morgan fingerprint density at radius 2 is 2.16 bits per heavy atom. The lowest BCUT2D eigenvalue weighted by Gasteiger charge is -2.06. The third-order valence-electron chi connectivity index (χ3n) is 3.25. The average molecular weight is 293 g/mol. The standard InChI is InChI=1S/C13H15N3OS2/c1-7-8(14)6-11(18-7)12(17)16-13-15-9-4-2-3-5-10(9)19-13/h6H,2-5,14H2,1H3,(H,15,16,17). The Morgan fingerprint density at radius 1 is 1.37 bits per heavy atom. The fourth-order valence-electron chi connectivity index (χ4n) is 2.17. The number of aromatic nitrogens is 1. The number of carbonyl (C=O) groups is 1. The van der Waals surface area contributed by atoms with Gasteiger partial charge in [0.25, 0.3) is 5.91 Å². The summed E-state index contributed by atoms with van der Waals surface area (Å²) in [5.74, 6) is -0.115. The highest BCUT2D eigenvalue weighted by Crippen LogP contribution is 2.30. The molecule has 2 heterocycles. The van der Waals surface area contributed by atoms with Crippen LogP contribution in [-0.2, 0) is 12.8 Å². The molecule has 1 aliphatic carbocycles. The number of hydrogen-bond acceptors (Lipinski definition) is 5. The van der Waals surface area contributed by atoms with E-state index in [1.165, 1.54) is 29.1 Å². The van der Waals surface area contributed by atoms with Crippen molar-refractivity contribution in [1.82, 2.24) is 4.98 Å². The maximum atomic E-state index is 12.1. The van der Waals surface area contributed by atoms with E-state index in [1.54, 1.807) is 17.4 Å². The van der Waals surface area contributed by atoms with Crippen LogP contribution in [0.2, 0.25) is 0 Å². The van der Waals surface area contributed by atoms with Crippen LogP contribution in [0.3, 0.4) is 0 Å². The highest BCUT2D eigenvalue weighted by atomic mass is 32.1. The number of thiophene rings is 1. The summed E-state index contributed by atoms with van der Waals surface area (Å²) >= 11 is 3.02. The number of anilines is 2. The van der Waals surface area contributed by atoms with Gasteiger partial charge in [0.15, 0.2) is 5.13 Å². The van der Waals surface area contributed by atoms with E-state index in [-0.39, 0.29) is 5.91 Å². The Hall–Kier alpha value is -1.40. The maximum Gasteiger partial charge on any atom is 0.267 e. The zero-order valence-electron chi connectivity index (χ0n) is 10.7. The van der Waals surface area contributed by atoms with E-state index >= 15 is 0 Å². The predicted octanol–water partition coefficient (Wildman–Crippen LogP) is 3.23. The molecule has 0 radical (unpaired) electrons. The molecule has 2 aromatic rings. The summed E-state index contributed by atoms with van der Waals surface area (Å²) in [7, 11) is 0. The largest absolute Gasteiger partial charge is 0.398 e. The van der Waals surface area contributed by atoms with Gasteiger partial charge in [0.2, 0.25) is 0 Å². The first-order valence-corrected chi connectivity index (χ1v) is 7.92. The lowest BCUT2D eigenvalue weighted by Crippen LogP contribution is -2.10. The van der Waals surface area contributed by atoms with Crippen molar-refractivity contribution in [1.29, 1.82) is 0 Å². The summed E-state index contributed by atoms with van der Waals surface area (Å²) in [6, 6.07) is 1.73. The normalized spacial score (nSPS) is 14.2. The monoisotopic (exact) mass is 293 g/mol. The molecular formula is C13H15N3OS2. The number of amides is 1. The van der Waals surface area contributed by atoms with Crippen LogP contribution >= 0.6 is 22.7 Å². The zero-order chi connectivity index (χ0) is 13.4. The fraction of sp³-hybridized carbons (Fsp3) is 0.385. The Bertz CT molecular complexity index is 587. The van der Waals surface area contributed by atoms with Gasteiger partial charge in [-0.3, -0.25) is 10.1 Å². The van der Waals surface area contributed by atoms with E-state index in [0.717, 1.165) is 23.4 Å². The maximum absolute atomic E-state index is 12.1. The van der Waals surface area contributed by atoms with Gasteiger partial charge in [-0.15, -0.1) is 22.7 Å². The molecule has 100 valence electrons. The van der Waals surface area contributed by atoms with Gasteiger partial charge >= 0.3 is 0 Å². The topological polar surface area (TPSA) is 68.0 Å². The number of hydrogen-bond donors (Lipinski definition) is 2. The number of carbonyl (C=O) groups excluding carboxylic acids is 1. The average Bonchev–Trinajstić information content (AvgIpc) is 2.93. The van der Waals surface area contributed by atoms with E-state index in [2.05, 4.69) is 10.3 Å². The van der Waals surface area contributed by atoms with Crippen LogP contribution in [-0.4, -0.2) is 10.9 Å². The number of thiazole rings is 1. The number of aryl methyl sites for hydroxylation is 3. The molecule has 0 spiro atoms. The summed E-state index contributed by atoms with van der Waals surface area (Å²) in [4.78, 5) is 19.5. The SMILES string of the molecule is Cc1sc(C(=O)Nc2nc3c(s2)CCCC3)cc1N. The van der Waals surface area contributed by atoms with Gasteiger partial charge in [-0.1, -0.05) is 0 Å². The zero-order valence-corrected chi connectivity index (χ0v) is 12.3. The van der Waals surface area contributed by atoms with Crippen molar-refractivity contribution in [3.05, 3.63) is 26.4 Å². The van der Waals surface area contributed by atoms with E-state index in [0.29, 0.717) is 15.7 Å². The highest BCUT2D eigenvalue weighted by Gasteiger charge is 2.17. The number of nitrogens with zero attached hydrogens (tertiary/aromatic N) is 1. The van der Waals surface area contributed by atoms with Crippen molar-refractivity contribution in [2.75, 3.05) is 11.1 Å². The van der Waals surface area contributed by atoms with Gasteiger partial charge in [0.1, 0.15) is 0 Å². The van der Waals surface area contributed by atoms with Gasteiger partial charge in [-0.05, 0) is 38.7 Å². The molecule has 0 saturated carbocycles. The van der Waals surface area contributed by atoms with Gasteiger partial charge in [-0.2, -0.15) is 0 Å². The molecule has 3 N–H and O–H groups in total. The molecular weight excluding hydrogens is 278 g/mol. The molecule has 2 aromatic heterocycles. The minimum atomic E-state index is -0.115. The molecule has 0 fully saturated rings. The van der Waals surface area contributed by atoms with E-state index in [9.17, 15) is 4.79 Å². The van der Waals surface area contributed by atoms with Crippen LogP contribution < -0.4 is 11.1 Å². The number of nitrogens with two attached hydrogens (primary N) is 1. The Labute approximate surface area is 119 Å². The summed E-state index contributed by atoms with van der Waals surface area (Å²) in [6.45, 7) is 1.92.